The first-order chi connectivity index (χ1) is 34.6. The standard InChI is InChI=1S/C64H34N4O2/c1-66-52-34-43(36-65)57(67-53-24-20-39(32-50(53)63-44-12-4-2-10-37(44)18-26-55(63)67)41-22-28-61-48(30-41)46-14-6-8-16-59(46)69-61)35-58(52)68-54-25-21-40(33-51(54)64-45-13-5-3-11-38(45)19-27-56(64)68)42-23-29-62-49(31-42)47-15-7-9-17-60(47)70-62/h2-35H. The second-order valence-corrected chi connectivity index (χ2v) is 18.2. The number of hydrogen-bond donors (Lipinski definition) is 0. The first-order valence-electron chi connectivity index (χ1n) is 23.3. The molecule has 0 spiro atoms. The fourth-order valence-corrected chi connectivity index (χ4v) is 11.4. The van der Waals surface area contributed by atoms with Crippen LogP contribution in [0.2, 0.25) is 0 Å². The van der Waals surface area contributed by atoms with E-state index in [1.54, 1.807) is 6.07 Å². The highest BCUT2D eigenvalue weighted by Gasteiger charge is 2.24. The van der Waals surface area contributed by atoms with Gasteiger partial charge in [-0.15, -0.1) is 0 Å². The lowest BCUT2D eigenvalue weighted by atomic mass is 9.99. The van der Waals surface area contributed by atoms with Gasteiger partial charge in [-0.05, 0) is 129 Å². The first kappa shape index (κ1) is 38.2. The van der Waals surface area contributed by atoms with Crippen molar-refractivity contribution >= 4 is 115 Å². The summed E-state index contributed by atoms with van der Waals surface area (Å²) in [7, 11) is 0. The van der Waals surface area contributed by atoms with Crippen molar-refractivity contribution in [3.8, 4) is 39.7 Å². The summed E-state index contributed by atoms with van der Waals surface area (Å²) in [6, 6.07) is 74.5. The van der Waals surface area contributed by atoms with Gasteiger partial charge in [-0.25, -0.2) is 4.85 Å². The largest absolute Gasteiger partial charge is 0.456 e. The number of fused-ring (bicyclic) bond motifs is 16. The van der Waals surface area contributed by atoms with E-state index < -0.39 is 0 Å². The summed E-state index contributed by atoms with van der Waals surface area (Å²) < 4.78 is 16.9. The number of para-hydroxylation sites is 2. The number of nitrogens with zero attached hydrogens (tertiary/aromatic N) is 4. The predicted molar refractivity (Wildman–Crippen MR) is 287 cm³/mol. The summed E-state index contributed by atoms with van der Waals surface area (Å²) in [4.78, 5) is 4.15. The van der Waals surface area contributed by atoms with Crippen LogP contribution >= 0.6 is 0 Å². The summed E-state index contributed by atoms with van der Waals surface area (Å²) in [6.45, 7) is 8.63. The normalized spacial score (nSPS) is 12.0. The molecule has 4 heterocycles. The number of hydrogen-bond acceptors (Lipinski definition) is 3. The smallest absolute Gasteiger partial charge is 0.212 e. The highest BCUT2D eigenvalue weighted by atomic mass is 16.3. The van der Waals surface area contributed by atoms with E-state index in [0.29, 0.717) is 22.6 Å². The molecule has 0 saturated heterocycles. The lowest BCUT2D eigenvalue weighted by molar-refractivity contribution is 0.668. The lowest BCUT2D eigenvalue weighted by Crippen LogP contribution is -2.02. The minimum Gasteiger partial charge on any atom is -0.456 e. The molecule has 322 valence electrons. The van der Waals surface area contributed by atoms with Crippen LogP contribution in [0, 0.1) is 17.9 Å². The van der Waals surface area contributed by atoms with E-state index in [1.165, 1.54) is 0 Å². The molecule has 0 fully saturated rings. The topological polar surface area (TPSA) is 64.3 Å². The Hall–Kier alpha value is -9.88. The highest BCUT2D eigenvalue weighted by molar-refractivity contribution is 6.24. The van der Waals surface area contributed by atoms with Gasteiger partial charge >= 0.3 is 0 Å². The van der Waals surface area contributed by atoms with Crippen LogP contribution in [-0.4, -0.2) is 9.13 Å². The van der Waals surface area contributed by atoms with Crippen LogP contribution in [0.15, 0.2) is 215 Å². The van der Waals surface area contributed by atoms with Gasteiger partial charge in [0.1, 0.15) is 22.3 Å². The van der Waals surface area contributed by atoms with Crippen molar-refractivity contribution in [2.24, 2.45) is 0 Å². The molecule has 0 bridgehead atoms. The third-order valence-corrected chi connectivity index (χ3v) is 14.5. The van der Waals surface area contributed by atoms with Crippen LogP contribution in [-0.2, 0) is 0 Å². The molecule has 11 aromatic carbocycles. The molecule has 15 aromatic rings. The van der Waals surface area contributed by atoms with Crippen LogP contribution in [0.3, 0.4) is 0 Å². The predicted octanol–water partition coefficient (Wildman–Crippen LogP) is 17.7. The monoisotopic (exact) mass is 890 g/mol. The minimum absolute atomic E-state index is 0.393. The summed E-state index contributed by atoms with van der Waals surface area (Å²) in [5.74, 6) is 0. The molecule has 0 radical (unpaired) electrons. The van der Waals surface area contributed by atoms with Crippen molar-refractivity contribution in [2.45, 2.75) is 0 Å². The Bertz CT molecular complexity index is 4570. The van der Waals surface area contributed by atoms with Gasteiger partial charge in [-0.1, -0.05) is 121 Å². The fourth-order valence-electron chi connectivity index (χ4n) is 11.4. The molecule has 0 saturated carbocycles. The van der Waals surface area contributed by atoms with Crippen molar-refractivity contribution in [3.63, 3.8) is 0 Å². The van der Waals surface area contributed by atoms with E-state index in [9.17, 15) is 5.26 Å². The van der Waals surface area contributed by atoms with E-state index in [1.807, 2.05) is 36.4 Å². The van der Waals surface area contributed by atoms with Crippen LogP contribution < -0.4 is 0 Å². The molecule has 15 rings (SSSR count). The van der Waals surface area contributed by atoms with Crippen molar-refractivity contribution in [1.82, 2.24) is 9.13 Å². The van der Waals surface area contributed by atoms with Crippen molar-refractivity contribution < 1.29 is 8.83 Å². The van der Waals surface area contributed by atoms with E-state index >= 15 is 0 Å². The Kier molecular flexibility index (Phi) is 7.82. The molecule has 6 heteroatoms. The van der Waals surface area contributed by atoms with Crippen LogP contribution in [0.1, 0.15) is 5.56 Å². The first-order valence-corrected chi connectivity index (χ1v) is 23.3. The van der Waals surface area contributed by atoms with Crippen molar-refractivity contribution in [2.75, 3.05) is 0 Å². The number of rotatable bonds is 4. The van der Waals surface area contributed by atoms with Crippen LogP contribution in [0.4, 0.5) is 5.69 Å². The molecule has 0 unspecified atom stereocenters. The maximum Gasteiger partial charge on any atom is 0.212 e. The Morgan fingerprint density at radius 2 is 0.786 bits per heavy atom. The highest BCUT2D eigenvalue weighted by Crippen LogP contribution is 2.45. The van der Waals surface area contributed by atoms with Gasteiger partial charge in [0.15, 0.2) is 0 Å². The SMILES string of the molecule is [C-]#[N+]c1cc(C#N)c(-n2c3ccc(-c4ccc5oc6ccccc6c5c4)cc3c3c4ccccc4ccc32)cc1-n1c2ccc(-c3ccc4oc5ccccc5c4c3)cc2c2c3ccccc3ccc21. The van der Waals surface area contributed by atoms with E-state index in [-0.39, 0.29) is 0 Å². The molecule has 0 atom stereocenters. The quantitative estimate of drug-likeness (QED) is 0.165. The van der Waals surface area contributed by atoms with E-state index in [0.717, 1.165) is 131 Å². The number of aromatic nitrogens is 2. The van der Waals surface area contributed by atoms with Gasteiger partial charge in [0.05, 0.1) is 51.6 Å². The summed E-state index contributed by atoms with van der Waals surface area (Å²) in [6.07, 6.45) is 0. The third-order valence-electron chi connectivity index (χ3n) is 14.5. The third kappa shape index (κ3) is 5.36. The lowest BCUT2D eigenvalue weighted by Gasteiger charge is -2.16. The zero-order chi connectivity index (χ0) is 46.2. The second kappa shape index (κ2) is 14.3. The van der Waals surface area contributed by atoms with E-state index in [2.05, 4.69) is 184 Å². The maximum absolute atomic E-state index is 11.0. The zero-order valence-corrected chi connectivity index (χ0v) is 37.2. The molecule has 70 heavy (non-hydrogen) atoms. The Labute approximate surface area is 399 Å². The molecule has 4 aromatic heterocycles. The molecule has 0 amide bonds. The molecular weight excluding hydrogens is 857 g/mol. The van der Waals surface area contributed by atoms with Gasteiger partial charge in [-0.3, -0.25) is 0 Å². The van der Waals surface area contributed by atoms with Crippen molar-refractivity contribution in [1.29, 1.82) is 5.26 Å². The van der Waals surface area contributed by atoms with Crippen LogP contribution in [0.5, 0.6) is 0 Å². The van der Waals surface area contributed by atoms with E-state index in [4.69, 9.17) is 15.4 Å². The Morgan fingerprint density at radius 3 is 1.29 bits per heavy atom. The molecule has 0 aliphatic heterocycles. The average molecular weight is 891 g/mol. The summed E-state index contributed by atoms with van der Waals surface area (Å²) in [5, 5.41) is 24.2. The van der Waals surface area contributed by atoms with Gasteiger partial charge in [0, 0.05) is 43.1 Å². The van der Waals surface area contributed by atoms with Gasteiger partial charge in [-0.2, -0.15) is 5.26 Å². The van der Waals surface area contributed by atoms with Gasteiger partial charge < -0.3 is 18.0 Å². The Balaban J connectivity index is 0.983. The number of benzene rings is 11. The van der Waals surface area contributed by atoms with Gasteiger partial charge in [0.25, 0.3) is 0 Å². The maximum atomic E-state index is 11.0. The molecular formula is C64H34N4O2. The second-order valence-electron chi connectivity index (χ2n) is 18.2. The molecule has 6 nitrogen and oxygen atoms in total. The average Bonchev–Trinajstić information content (AvgIpc) is 4.17. The summed E-state index contributed by atoms with van der Waals surface area (Å²) >= 11 is 0. The van der Waals surface area contributed by atoms with Crippen LogP contribution in [0.25, 0.3) is 148 Å². The number of furan rings is 2. The minimum atomic E-state index is 0.393. The van der Waals surface area contributed by atoms with Crippen molar-refractivity contribution in [3.05, 3.63) is 223 Å². The molecule has 0 aliphatic carbocycles. The Morgan fingerprint density at radius 1 is 0.371 bits per heavy atom. The zero-order valence-electron chi connectivity index (χ0n) is 37.2. The number of nitriles is 1. The fraction of sp³-hybridized carbons (Fsp3) is 0. The molecule has 0 N–H and O–H groups in total. The molecule has 0 aliphatic rings. The van der Waals surface area contributed by atoms with Gasteiger partial charge in [0.2, 0.25) is 5.69 Å². The summed E-state index contributed by atoms with van der Waals surface area (Å²) in [5.41, 5.74) is 13.9.